The highest BCUT2D eigenvalue weighted by Gasteiger charge is 2.27. The van der Waals surface area contributed by atoms with Crippen molar-refractivity contribution in [2.45, 2.75) is 25.1 Å². The van der Waals surface area contributed by atoms with Crippen LogP contribution in [0.4, 0.5) is 0 Å². The minimum atomic E-state index is -1.08. The van der Waals surface area contributed by atoms with Crippen LogP contribution in [0.3, 0.4) is 0 Å². The number of nitrogens with zero attached hydrogens (tertiary/aromatic N) is 6. The molecule has 6 rings (SSSR count). The average Bonchev–Trinajstić information content (AvgIpc) is 3.18. The molecule has 31 heavy (non-hydrogen) atoms. The number of fused-ring (bicyclic) bond motifs is 2. The number of pyridine rings is 2. The Bertz CT molecular complexity index is 1440. The van der Waals surface area contributed by atoms with Gasteiger partial charge in [0.15, 0.2) is 5.65 Å². The highest BCUT2D eigenvalue weighted by Crippen LogP contribution is 2.38. The van der Waals surface area contributed by atoms with E-state index in [1.807, 2.05) is 39.7 Å². The summed E-state index contributed by atoms with van der Waals surface area (Å²) in [4.78, 5) is 13.6. The fourth-order valence-electron chi connectivity index (χ4n) is 3.84. The van der Waals surface area contributed by atoms with Gasteiger partial charge in [-0.15, -0.1) is 0 Å². The van der Waals surface area contributed by atoms with E-state index in [9.17, 15) is 5.11 Å². The second kappa shape index (κ2) is 6.86. The van der Waals surface area contributed by atoms with E-state index in [0.29, 0.717) is 23.2 Å². The average molecular weight is 413 g/mol. The maximum absolute atomic E-state index is 9.65. The monoisotopic (exact) mass is 413 g/mol. The first-order valence-electron chi connectivity index (χ1n) is 10.1. The highest BCUT2D eigenvalue weighted by atomic mass is 16.3. The minimum Gasteiger partial charge on any atom is -0.432 e. The molecular formula is C22H19N7O2. The summed E-state index contributed by atoms with van der Waals surface area (Å²) in [7, 11) is 0. The zero-order valence-corrected chi connectivity index (χ0v) is 16.5. The molecule has 5 aromatic rings. The van der Waals surface area contributed by atoms with E-state index in [2.05, 4.69) is 9.97 Å². The summed E-state index contributed by atoms with van der Waals surface area (Å²) < 4.78 is 9.45. The third-order valence-electron chi connectivity index (χ3n) is 5.43. The van der Waals surface area contributed by atoms with Gasteiger partial charge in [-0.25, -0.2) is 9.97 Å². The molecule has 1 saturated carbocycles. The van der Waals surface area contributed by atoms with Crippen molar-refractivity contribution in [3.63, 3.8) is 0 Å². The number of aliphatic hydroxyl groups is 1. The molecule has 9 heteroatoms. The number of oxazole rings is 1. The molecule has 3 N–H and O–H groups in total. The third-order valence-corrected chi connectivity index (χ3v) is 5.43. The quantitative estimate of drug-likeness (QED) is 0.425. The molecule has 1 unspecified atom stereocenters. The first kappa shape index (κ1) is 18.0. The van der Waals surface area contributed by atoms with Gasteiger partial charge in [0.05, 0.1) is 11.7 Å². The van der Waals surface area contributed by atoms with Gasteiger partial charge >= 0.3 is 5.84 Å². The Hall–Kier alpha value is -3.82. The zero-order valence-electron chi connectivity index (χ0n) is 16.5. The number of hydrogen-bond acceptors (Lipinski definition) is 7. The lowest BCUT2D eigenvalue weighted by atomic mass is 10.0. The summed E-state index contributed by atoms with van der Waals surface area (Å²) in [5.41, 5.74) is 10.1. The van der Waals surface area contributed by atoms with Crippen molar-refractivity contribution in [1.29, 1.82) is 0 Å². The molecular weight excluding hydrogens is 394 g/mol. The summed E-state index contributed by atoms with van der Waals surface area (Å²) in [6, 6.07) is 6.24. The summed E-state index contributed by atoms with van der Waals surface area (Å²) in [5.74, 6) is 0.464. The van der Waals surface area contributed by atoms with Gasteiger partial charge in [0.25, 0.3) is 0 Å². The van der Waals surface area contributed by atoms with Gasteiger partial charge in [-0.2, -0.15) is 10.1 Å². The number of nitrogens with two attached hydrogens (primary N) is 1. The van der Waals surface area contributed by atoms with Crippen molar-refractivity contribution in [3.05, 3.63) is 60.9 Å². The number of imidazole rings is 1. The Labute approximate surface area is 176 Å². The largest absolute Gasteiger partial charge is 0.432 e. The van der Waals surface area contributed by atoms with E-state index < -0.39 is 6.23 Å². The van der Waals surface area contributed by atoms with E-state index in [4.69, 9.17) is 20.2 Å². The molecule has 0 bridgehead atoms. The lowest BCUT2D eigenvalue weighted by Gasteiger charge is -2.10. The van der Waals surface area contributed by atoms with E-state index in [-0.39, 0.29) is 0 Å². The molecule has 1 aliphatic rings. The minimum absolute atomic E-state index is 0.464. The maximum Gasteiger partial charge on any atom is 0.306 e. The molecule has 0 amide bonds. The SMILES string of the molecule is NC(O)/C=C/c1c(-c2c(-c3ccn(C4CC4)n3)nc3occn23)cnc2ncccc12. The van der Waals surface area contributed by atoms with Crippen molar-refractivity contribution < 1.29 is 9.52 Å². The molecule has 0 spiro atoms. The Morgan fingerprint density at radius 2 is 2.13 bits per heavy atom. The van der Waals surface area contributed by atoms with Crippen LogP contribution in [0.2, 0.25) is 0 Å². The van der Waals surface area contributed by atoms with Gasteiger partial charge < -0.3 is 15.3 Å². The van der Waals surface area contributed by atoms with E-state index in [1.54, 1.807) is 24.7 Å². The number of rotatable bonds is 5. The highest BCUT2D eigenvalue weighted by molar-refractivity contribution is 5.95. The number of aliphatic hydroxyl groups excluding tert-OH is 1. The fraction of sp³-hybridized carbons (Fsp3) is 0.182. The molecule has 0 aliphatic heterocycles. The second-order valence-electron chi connectivity index (χ2n) is 7.59. The van der Waals surface area contributed by atoms with Crippen LogP contribution >= 0.6 is 0 Å². The second-order valence-corrected chi connectivity index (χ2v) is 7.59. The van der Waals surface area contributed by atoms with Crippen LogP contribution in [0.15, 0.2) is 59.7 Å². The summed E-state index contributed by atoms with van der Waals surface area (Å²) >= 11 is 0. The van der Waals surface area contributed by atoms with Crippen molar-refractivity contribution in [3.8, 4) is 22.6 Å². The van der Waals surface area contributed by atoms with Crippen LogP contribution in [0, 0.1) is 0 Å². The van der Waals surface area contributed by atoms with Crippen LogP contribution in [0.5, 0.6) is 0 Å². The Morgan fingerprint density at radius 1 is 1.23 bits per heavy atom. The molecule has 1 aliphatic carbocycles. The van der Waals surface area contributed by atoms with Gasteiger partial charge in [-0.3, -0.25) is 9.08 Å². The van der Waals surface area contributed by atoms with Gasteiger partial charge in [0.2, 0.25) is 0 Å². The van der Waals surface area contributed by atoms with Crippen LogP contribution in [0.25, 0.3) is 45.6 Å². The van der Waals surface area contributed by atoms with Crippen LogP contribution in [-0.2, 0) is 0 Å². The topological polar surface area (TPSA) is 120 Å². The Kier molecular flexibility index (Phi) is 3.98. The predicted molar refractivity (Wildman–Crippen MR) is 115 cm³/mol. The molecule has 0 aromatic carbocycles. The number of aromatic nitrogens is 6. The molecule has 154 valence electrons. The molecule has 0 saturated heterocycles. The van der Waals surface area contributed by atoms with Gasteiger partial charge in [-0.1, -0.05) is 6.08 Å². The molecule has 9 nitrogen and oxygen atoms in total. The van der Waals surface area contributed by atoms with Gasteiger partial charge in [0, 0.05) is 35.7 Å². The molecule has 1 atom stereocenters. The molecule has 0 radical (unpaired) electrons. The first-order chi connectivity index (χ1) is 15.2. The van der Waals surface area contributed by atoms with Crippen molar-refractivity contribution in [1.82, 2.24) is 29.1 Å². The predicted octanol–water partition coefficient (Wildman–Crippen LogP) is 3.03. The lowest BCUT2D eigenvalue weighted by molar-refractivity contribution is 0.232. The normalized spacial score (nSPS) is 15.4. The Morgan fingerprint density at radius 3 is 2.97 bits per heavy atom. The first-order valence-corrected chi connectivity index (χ1v) is 10.1. The standard InChI is InChI=1S/C22H19N7O2/c23-18(30)6-5-14-15-2-1-8-24-21(15)25-12-16(14)20-19(26-22-28(20)10-11-31-22)17-7-9-29(27-17)13-3-4-13/h1-2,5-13,18,30H,3-4,23H2/b6-5+. The van der Waals surface area contributed by atoms with Crippen molar-refractivity contribution in [2.75, 3.05) is 0 Å². The summed E-state index contributed by atoms with van der Waals surface area (Å²) in [5, 5.41) is 15.2. The summed E-state index contributed by atoms with van der Waals surface area (Å²) in [6.07, 6.45) is 13.4. The van der Waals surface area contributed by atoms with Crippen LogP contribution in [0.1, 0.15) is 24.4 Å². The third kappa shape index (κ3) is 3.02. The van der Waals surface area contributed by atoms with Gasteiger partial charge in [-0.05, 0) is 42.7 Å². The van der Waals surface area contributed by atoms with E-state index in [0.717, 1.165) is 40.7 Å². The number of hydrogen-bond donors (Lipinski definition) is 2. The summed E-state index contributed by atoms with van der Waals surface area (Å²) in [6.45, 7) is 0. The smallest absolute Gasteiger partial charge is 0.306 e. The maximum atomic E-state index is 9.65. The van der Waals surface area contributed by atoms with Crippen LogP contribution < -0.4 is 5.73 Å². The fourth-order valence-corrected chi connectivity index (χ4v) is 3.84. The molecule has 5 aromatic heterocycles. The van der Waals surface area contributed by atoms with Crippen molar-refractivity contribution >= 4 is 23.0 Å². The van der Waals surface area contributed by atoms with Gasteiger partial charge in [0.1, 0.15) is 23.9 Å². The van der Waals surface area contributed by atoms with E-state index >= 15 is 0 Å². The van der Waals surface area contributed by atoms with E-state index in [1.165, 1.54) is 6.08 Å². The lowest BCUT2D eigenvalue weighted by Crippen LogP contribution is -2.14. The van der Waals surface area contributed by atoms with Crippen LogP contribution in [-0.4, -0.2) is 40.5 Å². The molecule has 5 heterocycles. The Balaban J connectivity index is 1.63. The molecule has 1 fully saturated rings. The zero-order chi connectivity index (χ0) is 20.9. The van der Waals surface area contributed by atoms with Crippen molar-refractivity contribution in [2.24, 2.45) is 5.73 Å².